The first-order valence-electron chi connectivity index (χ1n) is 10.3. The molecule has 0 spiro atoms. The highest BCUT2D eigenvalue weighted by atomic mass is 19.1. The minimum absolute atomic E-state index is 0.251. The van der Waals surface area contributed by atoms with Crippen molar-refractivity contribution < 1.29 is 23.2 Å². The number of anilines is 1. The summed E-state index contributed by atoms with van der Waals surface area (Å²) < 4.78 is 27.9. The van der Waals surface area contributed by atoms with Gasteiger partial charge in [0.05, 0.1) is 6.54 Å². The van der Waals surface area contributed by atoms with Gasteiger partial charge < -0.3 is 15.5 Å². The molecular formula is C24H29F2N3O3. The summed E-state index contributed by atoms with van der Waals surface area (Å²) in [6, 6.07) is 5.91. The van der Waals surface area contributed by atoms with Crippen LogP contribution in [-0.4, -0.2) is 42.3 Å². The molecule has 0 saturated carbocycles. The predicted octanol–water partition coefficient (Wildman–Crippen LogP) is 3.74. The third kappa shape index (κ3) is 5.90. The Bertz CT molecular complexity index is 994. The molecule has 6 nitrogen and oxygen atoms in total. The Balaban J connectivity index is 2.11. The van der Waals surface area contributed by atoms with E-state index in [4.69, 9.17) is 0 Å². The zero-order valence-electron chi connectivity index (χ0n) is 19.2. The molecule has 2 aromatic rings. The molecule has 2 N–H and O–H groups in total. The zero-order valence-corrected chi connectivity index (χ0v) is 19.2. The Morgan fingerprint density at radius 2 is 1.53 bits per heavy atom. The first-order chi connectivity index (χ1) is 14.9. The monoisotopic (exact) mass is 445 g/mol. The van der Waals surface area contributed by atoms with Gasteiger partial charge in [0.25, 0.3) is 5.91 Å². The van der Waals surface area contributed by atoms with Gasteiger partial charge in [-0.15, -0.1) is 0 Å². The third-order valence-electron chi connectivity index (χ3n) is 5.11. The van der Waals surface area contributed by atoms with Crippen molar-refractivity contribution in [2.24, 2.45) is 5.92 Å². The van der Waals surface area contributed by atoms with Gasteiger partial charge in [0.2, 0.25) is 11.8 Å². The van der Waals surface area contributed by atoms with Crippen LogP contribution in [0.4, 0.5) is 14.5 Å². The standard InChI is InChI=1S/C24H29F2N3O3/c1-13(2)21(28-23(31)20-17(25)8-7-9-18(20)26)24(32)29(6)12-19(30)27-22-15(4)10-14(3)11-16(22)5/h7-11,13,21H,12H2,1-6H3,(H,27,30)(H,28,31). The van der Waals surface area contributed by atoms with Crippen molar-refractivity contribution in [2.45, 2.75) is 40.7 Å². The van der Waals surface area contributed by atoms with Crippen LogP contribution >= 0.6 is 0 Å². The second-order valence-corrected chi connectivity index (χ2v) is 8.31. The van der Waals surface area contributed by atoms with Gasteiger partial charge in [-0.3, -0.25) is 14.4 Å². The van der Waals surface area contributed by atoms with E-state index >= 15 is 0 Å². The summed E-state index contributed by atoms with van der Waals surface area (Å²) >= 11 is 0. The fourth-order valence-corrected chi connectivity index (χ4v) is 3.53. The first-order valence-corrected chi connectivity index (χ1v) is 10.3. The average Bonchev–Trinajstić information content (AvgIpc) is 2.67. The maximum Gasteiger partial charge on any atom is 0.257 e. The molecule has 0 bridgehead atoms. The number of amides is 3. The van der Waals surface area contributed by atoms with Crippen LogP contribution in [0.1, 0.15) is 40.9 Å². The molecule has 0 aliphatic heterocycles. The van der Waals surface area contributed by atoms with Crippen LogP contribution in [0.2, 0.25) is 0 Å². The van der Waals surface area contributed by atoms with Crippen molar-refractivity contribution in [3.63, 3.8) is 0 Å². The van der Waals surface area contributed by atoms with Crippen LogP contribution < -0.4 is 10.6 Å². The number of carbonyl (C=O) groups excluding carboxylic acids is 3. The van der Waals surface area contributed by atoms with Crippen LogP contribution in [0.25, 0.3) is 0 Å². The number of benzene rings is 2. The van der Waals surface area contributed by atoms with Crippen LogP contribution in [0.15, 0.2) is 30.3 Å². The number of halogens is 2. The highest BCUT2D eigenvalue weighted by molar-refractivity contribution is 5.99. The molecule has 172 valence electrons. The topological polar surface area (TPSA) is 78.5 Å². The van der Waals surface area contributed by atoms with Crippen molar-refractivity contribution in [1.82, 2.24) is 10.2 Å². The van der Waals surface area contributed by atoms with E-state index < -0.39 is 41.0 Å². The number of aryl methyl sites for hydroxylation is 3. The van der Waals surface area contributed by atoms with Gasteiger partial charge in [-0.25, -0.2) is 8.78 Å². The van der Waals surface area contributed by atoms with Gasteiger partial charge in [0.1, 0.15) is 23.2 Å². The van der Waals surface area contributed by atoms with Crippen LogP contribution in [0.5, 0.6) is 0 Å². The number of likely N-dealkylation sites (N-methyl/N-ethyl adjacent to an activating group) is 1. The molecule has 8 heteroatoms. The molecule has 2 aromatic carbocycles. The third-order valence-corrected chi connectivity index (χ3v) is 5.11. The number of nitrogens with one attached hydrogen (secondary N) is 2. The second-order valence-electron chi connectivity index (χ2n) is 8.31. The summed E-state index contributed by atoms with van der Waals surface area (Å²) in [5.41, 5.74) is 2.82. The fourth-order valence-electron chi connectivity index (χ4n) is 3.53. The van der Waals surface area contributed by atoms with E-state index in [0.717, 1.165) is 34.9 Å². The lowest BCUT2D eigenvalue weighted by molar-refractivity contribution is -0.135. The normalized spacial score (nSPS) is 11.8. The molecule has 0 aliphatic rings. The zero-order chi connectivity index (χ0) is 24.2. The molecule has 32 heavy (non-hydrogen) atoms. The Labute approximate surface area is 187 Å². The Morgan fingerprint density at radius 1 is 1.00 bits per heavy atom. The lowest BCUT2D eigenvalue weighted by atomic mass is 10.0. The van der Waals surface area contributed by atoms with E-state index in [0.29, 0.717) is 5.69 Å². The Hall–Kier alpha value is -3.29. The summed E-state index contributed by atoms with van der Waals surface area (Å²) in [5, 5.41) is 5.22. The van der Waals surface area contributed by atoms with Crippen molar-refractivity contribution in [1.29, 1.82) is 0 Å². The minimum atomic E-state index is -1.07. The summed E-state index contributed by atoms with van der Waals surface area (Å²) in [5.74, 6) is -4.39. The van der Waals surface area contributed by atoms with Crippen molar-refractivity contribution in [3.8, 4) is 0 Å². The summed E-state index contributed by atoms with van der Waals surface area (Å²) in [7, 11) is 1.43. The maximum atomic E-state index is 13.9. The van der Waals surface area contributed by atoms with Gasteiger partial charge >= 0.3 is 0 Å². The van der Waals surface area contributed by atoms with E-state index in [1.165, 1.54) is 11.9 Å². The van der Waals surface area contributed by atoms with E-state index in [9.17, 15) is 23.2 Å². The smallest absolute Gasteiger partial charge is 0.257 e. The van der Waals surface area contributed by atoms with E-state index in [-0.39, 0.29) is 12.5 Å². The molecule has 0 fully saturated rings. The average molecular weight is 446 g/mol. The quantitative estimate of drug-likeness (QED) is 0.682. The Kier molecular flexibility index (Phi) is 8.08. The van der Waals surface area contributed by atoms with Gasteiger partial charge in [-0.1, -0.05) is 37.6 Å². The number of hydrogen-bond acceptors (Lipinski definition) is 3. The molecule has 0 aromatic heterocycles. The Morgan fingerprint density at radius 3 is 2.03 bits per heavy atom. The number of nitrogens with zero attached hydrogens (tertiary/aromatic N) is 1. The second kappa shape index (κ2) is 10.3. The van der Waals surface area contributed by atoms with Gasteiger partial charge in [-0.05, 0) is 49.9 Å². The summed E-state index contributed by atoms with van der Waals surface area (Å²) in [4.78, 5) is 39.1. The minimum Gasteiger partial charge on any atom is -0.340 e. The molecule has 0 radical (unpaired) electrons. The molecule has 0 aliphatic carbocycles. The number of hydrogen-bond donors (Lipinski definition) is 2. The number of rotatable bonds is 7. The summed E-state index contributed by atoms with van der Waals surface area (Å²) in [6.45, 7) is 8.86. The van der Waals surface area contributed by atoms with E-state index in [2.05, 4.69) is 10.6 Å². The largest absolute Gasteiger partial charge is 0.340 e. The highest BCUT2D eigenvalue weighted by Crippen LogP contribution is 2.22. The van der Waals surface area contributed by atoms with Crippen LogP contribution in [0, 0.1) is 38.3 Å². The van der Waals surface area contributed by atoms with Crippen molar-refractivity contribution in [3.05, 3.63) is 64.2 Å². The lowest BCUT2D eigenvalue weighted by Crippen LogP contribution is -2.51. The first kappa shape index (κ1) is 25.0. The van der Waals surface area contributed by atoms with Gasteiger partial charge in [0.15, 0.2) is 0 Å². The molecule has 3 amide bonds. The maximum absolute atomic E-state index is 13.9. The lowest BCUT2D eigenvalue weighted by Gasteiger charge is -2.27. The molecule has 2 rings (SSSR count). The van der Waals surface area contributed by atoms with Crippen molar-refractivity contribution in [2.75, 3.05) is 18.9 Å². The fraction of sp³-hybridized carbons (Fsp3) is 0.375. The predicted molar refractivity (Wildman–Crippen MR) is 119 cm³/mol. The number of carbonyl (C=O) groups is 3. The van der Waals surface area contributed by atoms with E-state index in [1.54, 1.807) is 13.8 Å². The molecule has 1 unspecified atom stereocenters. The van der Waals surface area contributed by atoms with Crippen LogP contribution in [-0.2, 0) is 9.59 Å². The molecular weight excluding hydrogens is 416 g/mol. The molecule has 0 saturated heterocycles. The molecule has 0 heterocycles. The van der Waals surface area contributed by atoms with Crippen molar-refractivity contribution >= 4 is 23.4 Å². The van der Waals surface area contributed by atoms with Gasteiger partial charge in [0, 0.05) is 12.7 Å². The molecule has 1 atom stereocenters. The van der Waals surface area contributed by atoms with Crippen LogP contribution in [0.3, 0.4) is 0 Å². The summed E-state index contributed by atoms with van der Waals surface area (Å²) in [6.07, 6.45) is 0. The SMILES string of the molecule is Cc1cc(C)c(NC(=O)CN(C)C(=O)C(NC(=O)c2c(F)cccc2F)C(C)C)c(C)c1. The highest BCUT2D eigenvalue weighted by Gasteiger charge is 2.30. The van der Waals surface area contributed by atoms with E-state index in [1.807, 2.05) is 32.9 Å². The van der Waals surface area contributed by atoms with Gasteiger partial charge in [-0.2, -0.15) is 0 Å².